The molecule has 1 heterocycles. The second-order valence-electron chi connectivity index (χ2n) is 4.23. The lowest BCUT2D eigenvalue weighted by Gasteiger charge is -2.28. The molecule has 1 aliphatic rings. The van der Waals surface area contributed by atoms with Gasteiger partial charge in [0.05, 0.1) is 0 Å². The highest BCUT2D eigenvalue weighted by Gasteiger charge is 2.22. The van der Waals surface area contributed by atoms with Crippen LogP contribution in [0.1, 0.15) is 24.1 Å². The lowest BCUT2D eigenvalue weighted by atomic mass is 10.0. The molecule has 2 atom stereocenters. The number of benzene rings is 1. The van der Waals surface area contributed by atoms with Gasteiger partial charge in [-0.2, -0.15) is 11.8 Å². The van der Waals surface area contributed by atoms with Crippen molar-refractivity contribution in [3.63, 3.8) is 0 Å². The van der Waals surface area contributed by atoms with Crippen LogP contribution in [-0.4, -0.2) is 17.5 Å². The lowest BCUT2D eigenvalue weighted by Crippen LogP contribution is -2.35. The van der Waals surface area contributed by atoms with E-state index in [1.54, 1.807) is 18.7 Å². The predicted octanol–water partition coefficient (Wildman–Crippen LogP) is 3.04. The quantitative estimate of drug-likeness (QED) is 0.813. The maximum absolute atomic E-state index is 13.7. The van der Waals surface area contributed by atoms with Gasteiger partial charge in [-0.15, -0.1) is 0 Å². The monoisotopic (exact) mass is 243 g/mol. The Hall–Kier alpha value is -0.610. The third kappa shape index (κ3) is 2.38. The van der Waals surface area contributed by atoms with Gasteiger partial charge in [0.25, 0.3) is 0 Å². The molecule has 1 aliphatic heterocycles. The molecule has 88 valence electrons. The van der Waals surface area contributed by atoms with Crippen molar-refractivity contribution in [1.29, 1.82) is 0 Å². The van der Waals surface area contributed by atoms with Crippen LogP contribution in [0, 0.1) is 18.6 Å². The van der Waals surface area contributed by atoms with Gasteiger partial charge in [-0.3, -0.25) is 0 Å². The summed E-state index contributed by atoms with van der Waals surface area (Å²) in [6, 6.07) is 2.52. The summed E-state index contributed by atoms with van der Waals surface area (Å²) in [4.78, 5) is 0. The smallest absolute Gasteiger partial charge is 0.128 e. The number of nitrogens with one attached hydrogen (secondary N) is 1. The number of thioether (sulfide) groups is 1. The first-order valence-corrected chi connectivity index (χ1v) is 6.43. The van der Waals surface area contributed by atoms with Gasteiger partial charge < -0.3 is 5.32 Å². The summed E-state index contributed by atoms with van der Waals surface area (Å²) < 4.78 is 27.1. The number of aryl methyl sites for hydroxylation is 1. The Balaban J connectivity index is 2.23. The molecule has 1 fully saturated rings. The molecule has 2 unspecified atom stereocenters. The van der Waals surface area contributed by atoms with Crippen LogP contribution in [0.15, 0.2) is 12.1 Å². The fourth-order valence-corrected chi connectivity index (χ4v) is 2.85. The highest BCUT2D eigenvalue weighted by Crippen LogP contribution is 2.28. The summed E-state index contributed by atoms with van der Waals surface area (Å²) >= 11 is 1.79. The van der Waals surface area contributed by atoms with E-state index in [-0.39, 0.29) is 17.7 Å². The Morgan fingerprint density at radius 2 is 2.06 bits per heavy atom. The van der Waals surface area contributed by atoms with E-state index in [2.05, 4.69) is 12.2 Å². The van der Waals surface area contributed by atoms with Gasteiger partial charge in [0.1, 0.15) is 11.6 Å². The van der Waals surface area contributed by atoms with Crippen LogP contribution in [0.5, 0.6) is 0 Å². The van der Waals surface area contributed by atoms with Crippen LogP contribution >= 0.6 is 11.8 Å². The Kier molecular flexibility index (Phi) is 3.50. The molecule has 1 nitrogen and oxygen atoms in total. The van der Waals surface area contributed by atoms with Crippen LogP contribution in [-0.2, 0) is 0 Å². The van der Waals surface area contributed by atoms with Gasteiger partial charge in [-0.05, 0) is 24.6 Å². The molecule has 1 aromatic carbocycles. The van der Waals surface area contributed by atoms with E-state index in [0.29, 0.717) is 16.4 Å². The molecule has 1 saturated heterocycles. The van der Waals surface area contributed by atoms with Crippen LogP contribution in [0.3, 0.4) is 0 Å². The zero-order valence-corrected chi connectivity index (χ0v) is 10.2. The molecule has 0 amide bonds. The van der Waals surface area contributed by atoms with Crippen molar-refractivity contribution >= 4 is 11.8 Å². The second-order valence-corrected chi connectivity index (χ2v) is 5.70. The van der Waals surface area contributed by atoms with Crippen molar-refractivity contribution in [3.8, 4) is 0 Å². The molecule has 0 aliphatic carbocycles. The topological polar surface area (TPSA) is 12.0 Å². The van der Waals surface area contributed by atoms with Crippen molar-refractivity contribution in [3.05, 3.63) is 34.9 Å². The standard InChI is InChI=1S/C12H15F2NS/c1-7-3-11(14)9(4-10(7)13)12-6-16-8(2)5-15-12/h3-4,8,12,15H,5-6H2,1-2H3. The molecule has 0 bridgehead atoms. The summed E-state index contributed by atoms with van der Waals surface area (Å²) in [6.07, 6.45) is 0. The van der Waals surface area contributed by atoms with Crippen molar-refractivity contribution in [1.82, 2.24) is 5.32 Å². The third-order valence-electron chi connectivity index (χ3n) is 2.85. The molecular formula is C12H15F2NS. The first-order valence-electron chi connectivity index (χ1n) is 5.38. The van der Waals surface area contributed by atoms with Gasteiger partial charge in [-0.25, -0.2) is 8.78 Å². The molecule has 1 N–H and O–H groups in total. The summed E-state index contributed by atoms with van der Waals surface area (Å²) in [5.41, 5.74) is 0.806. The van der Waals surface area contributed by atoms with E-state index in [0.717, 1.165) is 12.3 Å². The van der Waals surface area contributed by atoms with Crippen molar-refractivity contribution < 1.29 is 8.78 Å². The number of hydrogen-bond donors (Lipinski definition) is 1. The van der Waals surface area contributed by atoms with Crippen molar-refractivity contribution in [2.75, 3.05) is 12.3 Å². The first-order chi connectivity index (χ1) is 7.58. The number of halogens is 2. The highest BCUT2D eigenvalue weighted by atomic mass is 32.2. The summed E-state index contributed by atoms with van der Waals surface area (Å²) in [7, 11) is 0. The molecule has 0 saturated carbocycles. The maximum atomic E-state index is 13.7. The van der Waals surface area contributed by atoms with E-state index in [9.17, 15) is 8.78 Å². The van der Waals surface area contributed by atoms with Gasteiger partial charge in [0.15, 0.2) is 0 Å². The van der Waals surface area contributed by atoms with Gasteiger partial charge in [0, 0.05) is 29.2 Å². The minimum absolute atomic E-state index is 0.0729. The molecule has 1 aromatic rings. The average molecular weight is 243 g/mol. The summed E-state index contributed by atoms with van der Waals surface area (Å²) in [5.74, 6) is 0.147. The molecular weight excluding hydrogens is 228 g/mol. The van der Waals surface area contributed by atoms with E-state index >= 15 is 0 Å². The lowest BCUT2D eigenvalue weighted by molar-refractivity contribution is 0.513. The SMILES string of the molecule is Cc1cc(F)c(C2CSC(C)CN2)cc1F. The fraction of sp³-hybridized carbons (Fsp3) is 0.500. The maximum Gasteiger partial charge on any atom is 0.128 e. The molecule has 0 spiro atoms. The van der Waals surface area contributed by atoms with Gasteiger partial charge >= 0.3 is 0 Å². The zero-order valence-electron chi connectivity index (χ0n) is 9.39. The zero-order chi connectivity index (χ0) is 11.7. The Bertz CT molecular complexity index is 387. The highest BCUT2D eigenvalue weighted by molar-refractivity contribution is 8.00. The van der Waals surface area contributed by atoms with E-state index in [1.807, 2.05) is 0 Å². The van der Waals surface area contributed by atoms with E-state index in [1.165, 1.54) is 12.1 Å². The Labute approximate surface area is 98.6 Å². The largest absolute Gasteiger partial charge is 0.308 e. The van der Waals surface area contributed by atoms with Gasteiger partial charge in [-0.1, -0.05) is 6.92 Å². The average Bonchev–Trinajstić information content (AvgIpc) is 2.25. The van der Waals surface area contributed by atoms with Crippen molar-refractivity contribution in [2.24, 2.45) is 0 Å². The first kappa shape index (κ1) is 11.9. The Morgan fingerprint density at radius 3 is 2.69 bits per heavy atom. The summed E-state index contributed by atoms with van der Waals surface area (Å²) in [5, 5.41) is 3.78. The van der Waals surface area contributed by atoms with Crippen LogP contribution in [0.4, 0.5) is 8.78 Å². The summed E-state index contributed by atoms with van der Waals surface area (Å²) in [6.45, 7) is 4.54. The van der Waals surface area contributed by atoms with Crippen LogP contribution < -0.4 is 5.32 Å². The molecule has 0 aromatic heterocycles. The van der Waals surface area contributed by atoms with Gasteiger partial charge in [0.2, 0.25) is 0 Å². The number of hydrogen-bond acceptors (Lipinski definition) is 2. The van der Waals surface area contributed by atoms with Crippen molar-refractivity contribution in [2.45, 2.75) is 25.1 Å². The Morgan fingerprint density at radius 1 is 1.31 bits per heavy atom. The predicted molar refractivity (Wildman–Crippen MR) is 63.8 cm³/mol. The third-order valence-corrected chi connectivity index (χ3v) is 4.11. The minimum atomic E-state index is -0.332. The second kappa shape index (κ2) is 4.72. The van der Waals surface area contributed by atoms with E-state index in [4.69, 9.17) is 0 Å². The molecule has 16 heavy (non-hydrogen) atoms. The normalized spacial score (nSPS) is 25.8. The van der Waals surface area contributed by atoms with E-state index < -0.39 is 0 Å². The molecule has 2 rings (SSSR count). The van der Waals surface area contributed by atoms with Crippen LogP contribution in [0.2, 0.25) is 0 Å². The number of rotatable bonds is 1. The minimum Gasteiger partial charge on any atom is -0.308 e. The molecule has 0 radical (unpaired) electrons. The molecule has 4 heteroatoms. The fourth-order valence-electron chi connectivity index (χ4n) is 1.82. The van der Waals surface area contributed by atoms with Crippen LogP contribution in [0.25, 0.3) is 0 Å².